The van der Waals surface area contributed by atoms with Gasteiger partial charge in [0.15, 0.2) is 9.84 Å². The summed E-state index contributed by atoms with van der Waals surface area (Å²) in [7, 11) is -3.28. The van der Waals surface area contributed by atoms with Crippen LogP contribution in [0.5, 0.6) is 6.01 Å². The number of nitrogens with one attached hydrogen (secondary N) is 2. The van der Waals surface area contributed by atoms with E-state index in [4.69, 9.17) is 4.74 Å². The van der Waals surface area contributed by atoms with Crippen LogP contribution in [0.4, 0.5) is 5.95 Å². The smallest absolute Gasteiger partial charge is 0.337 e. The fourth-order valence-corrected chi connectivity index (χ4v) is 2.16. The summed E-state index contributed by atoms with van der Waals surface area (Å²) in [5.74, 6) is -0.287. The quantitative estimate of drug-likeness (QED) is 0.846. The third kappa shape index (κ3) is 3.78. The summed E-state index contributed by atoms with van der Waals surface area (Å²) in [6, 6.07) is 5.73. The minimum Gasteiger partial charge on any atom is -0.463 e. The molecule has 0 aliphatic carbocycles. The Morgan fingerprint density at radius 3 is 2.57 bits per heavy atom. The molecular formula is C12H14N4O4S. The van der Waals surface area contributed by atoms with Crippen LogP contribution in [0.25, 0.3) is 0 Å². The summed E-state index contributed by atoms with van der Waals surface area (Å²) < 4.78 is 27.7. The number of aromatic amines is 1. The lowest BCUT2D eigenvalue weighted by Crippen LogP contribution is -2.13. The molecule has 9 heteroatoms. The van der Waals surface area contributed by atoms with Crippen LogP contribution in [-0.4, -0.2) is 42.4 Å². The normalized spacial score (nSPS) is 11.1. The lowest BCUT2D eigenvalue weighted by atomic mass is 10.2. The van der Waals surface area contributed by atoms with E-state index in [1.807, 2.05) is 0 Å². The summed E-state index contributed by atoms with van der Waals surface area (Å²) in [6.07, 6.45) is 1.10. The Morgan fingerprint density at radius 2 is 2.00 bits per heavy atom. The van der Waals surface area contributed by atoms with Gasteiger partial charge in [-0.25, -0.2) is 13.5 Å². The third-order valence-corrected chi connectivity index (χ3v) is 3.64. The second kappa shape index (κ2) is 5.92. The molecule has 1 amide bonds. The van der Waals surface area contributed by atoms with E-state index in [0.717, 1.165) is 6.26 Å². The Labute approximate surface area is 121 Å². The van der Waals surface area contributed by atoms with Crippen LogP contribution in [0.15, 0.2) is 29.2 Å². The van der Waals surface area contributed by atoms with Crippen molar-refractivity contribution in [1.29, 1.82) is 0 Å². The third-order valence-electron chi connectivity index (χ3n) is 2.51. The van der Waals surface area contributed by atoms with Gasteiger partial charge >= 0.3 is 6.01 Å². The first kappa shape index (κ1) is 15.0. The molecule has 1 aromatic carbocycles. The van der Waals surface area contributed by atoms with Crippen LogP contribution < -0.4 is 10.1 Å². The van der Waals surface area contributed by atoms with Gasteiger partial charge in [-0.3, -0.25) is 10.1 Å². The molecular weight excluding hydrogens is 296 g/mol. The van der Waals surface area contributed by atoms with Gasteiger partial charge in [-0.15, -0.1) is 5.10 Å². The topological polar surface area (TPSA) is 114 Å². The van der Waals surface area contributed by atoms with Gasteiger partial charge in [0.1, 0.15) is 0 Å². The minimum atomic E-state index is -3.28. The summed E-state index contributed by atoms with van der Waals surface area (Å²) in [5.41, 5.74) is 0.303. The van der Waals surface area contributed by atoms with Gasteiger partial charge in [0.25, 0.3) is 5.91 Å². The van der Waals surface area contributed by atoms with Crippen molar-refractivity contribution in [1.82, 2.24) is 15.2 Å². The molecule has 0 unspecified atom stereocenters. The zero-order chi connectivity index (χ0) is 15.5. The number of carbonyl (C=O) groups is 1. The Hall–Kier alpha value is -2.42. The van der Waals surface area contributed by atoms with Gasteiger partial charge < -0.3 is 4.74 Å². The number of ether oxygens (including phenoxy) is 1. The highest BCUT2D eigenvalue weighted by Gasteiger charge is 2.12. The van der Waals surface area contributed by atoms with Crippen molar-refractivity contribution in [2.24, 2.45) is 0 Å². The molecule has 0 saturated carbocycles. The van der Waals surface area contributed by atoms with Gasteiger partial charge in [0.2, 0.25) is 5.95 Å². The monoisotopic (exact) mass is 310 g/mol. The molecule has 0 aliphatic rings. The van der Waals surface area contributed by atoms with Gasteiger partial charge in [-0.1, -0.05) is 0 Å². The number of amides is 1. The molecule has 2 N–H and O–H groups in total. The highest BCUT2D eigenvalue weighted by molar-refractivity contribution is 7.90. The van der Waals surface area contributed by atoms with Crippen LogP contribution in [0.3, 0.4) is 0 Å². The summed E-state index contributed by atoms with van der Waals surface area (Å²) in [6.45, 7) is 2.20. The maximum Gasteiger partial charge on any atom is 0.337 e. The molecule has 0 fully saturated rings. The molecule has 0 saturated heterocycles. The number of rotatable bonds is 5. The highest BCUT2D eigenvalue weighted by Crippen LogP contribution is 2.12. The summed E-state index contributed by atoms with van der Waals surface area (Å²) in [4.78, 5) is 16.0. The molecule has 0 radical (unpaired) electrons. The van der Waals surface area contributed by atoms with Crippen molar-refractivity contribution < 1.29 is 17.9 Å². The number of aromatic nitrogens is 3. The van der Waals surface area contributed by atoms with Crippen LogP contribution in [0.1, 0.15) is 17.3 Å². The van der Waals surface area contributed by atoms with Gasteiger partial charge in [-0.05, 0) is 31.2 Å². The van der Waals surface area contributed by atoms with E-state index in [9.17, 15) is 13.2 Å². The number of nitrogens with zero attached hydrogens (tertiary/aromatic N) is 2. The molecule has 2 rings (SSSR count). The second-order valence-corrected chi connectivity index (χ2v) is 6.17. The van der Waals surface area contributed by atoms with Crippen molar-refractivity contribution in [3.8, 4) is 6.01 Å². The van der Waals surface area contributed by atoms with Crippen molar-refractivity contribution >= 4 is 21.7 Å². The average Bonchev–Trinajstić information content (AvgIpc) is 2.86. The number of anilines is 1. The second-order valence-electron chi connectivity index (χ2n) is 4.15. The lowest BCUT2D eigenvalue weighted by molar-refractivity contribution is 0.102. The fourth-order valence-electron chi connectivity index (χ4n) is 1.53. The largest absolute Gasteiger partial charge is 0.463 e. The van der Waals surface area contributed by atoms with Crippen molar-refractivity contribution in [3.63, 3.8) is 0 Å². The number of hydrogen-bond acceptors (Lipinski definition) is 6. The van der Waals surface area contributed by atoms with Crippen LogP contribution in [-0.2, 0) is 9.84 Å². The number of carbonyl (C=O) groups excluding carboxylic acids is 1. The minimum absolute atomic E-state index is 0.139. The predicted octanol–water partition coefficient (Wildman–Crippen LogP) is 0.859. The van der Waals surface area contributed by atoms with Gasteiger partial charge in [0, 0.05) is 11.8 Å². The molecule has 112 valence electrons. The molecule has 8 nitrogen and oxygen atoms in total. The van der Waals surface area contributed by atoms with Gasteiger partial charge in [-0.2, -0.15) is 4.98 Å². The number of benzene rings is 1. The van der Waals surface area contributed by atoms with E-state index in [-0.39, 0.29) is 16.9 Å². The predicted molar refractivity (Wildman–Crippen MR) is 75.1 cm³/mol. The van der Waals surface area contributed by atoms with Crippen LogP contribution >= 0.6 is 0 Å². The fraction of sp³-hybridized carbons (Fsp3) is 0.250. The standard InChI is InChI=1S/C12H14N4O4S/c1-3-20-12-14-11(15-16-12)13-10(17)8-4-6-9(7-5-8)21(2,18)19/h4-7H,3H2,1-2H3,(H2,13,14,15,16,17). The molecule has 21 heavy (non-hydrogen) atoms. The Balaban J connectivity index is 2.09. The van der Waals surface area contributed by atoms with E-state index in [2.05, 4.69) is 20.5 Å². The molecule has 0 aliphatic heterocycles. The van der Waals surface area contributed by atoms with Gasteiger partial charge in [0.05, 0.1) is 11.5 Å². The first-order chi connectivity index (χ1) is 9.90. The average molecular weight is 310 g/mol. The number of sulfone groups is 1. The molecule has 2 aromatic rings. The number of H-pyrrole nitrogens is 1. The van der Waals surface area contributed by atoms with Crippen molar-refractivity contribution in [2.45, 2.75) is 11.8 Å². The van der Waals surface area contributed by atoms with Crippen LogP contribution in [0, 0.1) is 0 Å². The maximum atomic E-state index is 12.0. The van der Waals surface area contributed by atoms with E-state index in [1.54, 1.807) is 6.92 Å². The highest BCUT2D eigenvalue weighted by atomic mass is 32.2. The SMILES string of the molecule is CCOc1n[nH]c(NC(=O)c2ccc(S(C)(=O)=O)cc2)n1. The molecule has 0 bridgehead atoms. The Kier molecular flexibility index (Phi) is 4.22. The van der Waals surface area contributed by atoms with E-state index in [1.165, 1.54) is 24.3 Å². The Morgan fingerprint density at radius 1 is 1.33 bits per heavy atom. The van der Waals surface area contributed by atoms with Crippen molar-refractivity contribution in [3.05, 3.63) is 29.8 Å². The van der Waals surface area contributed by atoms with Crippen LogP contribution in [0.2, 0.25) is 0 Å². The zero-order valence-corrected chi connectivity index (χ0v) is 12.3. The molecule has 1 aromatic heterocycles. The van der Waals surface area contributed by atoms with E-state index < -0.39 is 15.7 Å². The van der Waals surface area contributed by atoms with E-state index in [0.29, 0.717) is 12.2 Å². The first-order valence-electron chi connectivity index (χ1n) is 6.07. The van der Waals surface area contributed by atoms with E-state index >= 15 is 0 Å². The zero-order valence-electron chi connectivity index (χ0n) is 11.5. The summed E-state index contributed by atoms with van der Waals surface area (Å²) in [5, 5.41) is 8.76. The molecule has 0 atom stereocenters. The number of hydrogen-bond donors (Lipinski definition) is 2. The maximum absolute atomic E-state index is 12.0. The summed E-state index contributed by atoms with van der Waals surface area (Å²) >= 11 is 0. The Bertz CT molecular complexity index is 737. The molecule has 1 heterocycles. The lowest BCUT2D eigenvalue weighted by Gasteiger charge is -2.02. The first-order valence-corrected chi connectivity index (χ1v) is 7.96. The van der Waals surface area contributed by atoms with Crippen molar-refractivity contribution in [2.75, 3.05) is 18.2 Å². The molecule has 0 spiro atoms.